The van der Waals surface area contributed by atoms with Crippen LogP contribution in [0.1, 0.15) is 0 Å². The number of nitrogens with two attached hydrogens (primary N) is 1. The monoisotopic (exact) mass is 205 g/mol. The summed E-state index contributed by atoms with van der Waals surface area (Å²) in [6.07, 6.45) is -3.46. The molecule has 7 nitrogen and oxygen atoms in total. The highest BCUT2D eigenvalue weighted by atomic mass is 16.7. The molecule has 0 aliphatic carbocycles. The molecule has 2 aliphatic heterocycles. The second kappa shape index (κ2) is 3.06. The van der Waals surface area contributed by atoms with Crippen molar-refractivity contribution >= 4 is 6.09 Å². The van der Waals surface area contributed by atoms with Crippen LogP contribution in [0.2, 0.25) is 0 Å². The number of rotatable bonds is 1. The van der Waals surface area contributed by atoms with Crippen molar-refractivity contribution in [1.82, 2.24) is 0 Å². The van der Waals surface area contributed by atoms with Crippen molar-refractivity contribution in [2.75, 3.05) is 13.2 Å². The summed E-state index contributed by atoms with van der Waals surface area (Å²) < 4.78 is 14.6. The van der Waals surface area contributed by atoms with Crippen LogP contribution in [0.15, 0.2) is 0 Å². The minimum absolute atomic E-state index is 0.0414. The summed E-state index contributed by atoms with van der Waals surface area (Å²) in [4.78, 5) is 10.5. The van der Waals surface area contributed by atoms with E-state index in [4.69, 9.17) is 15.2 Å². The van der Waals surface area contributed by atoms with E-state index in [1.54, 1.807) is 0 Å². The lowest BCUT2D eigenvalue weighted by Crippen LogP contribution is -2.48. The quantitative estimate of drug-likeness (QED) is 0.424. The summed E-state index contributed by atoms with van der Waals surface area (Å²) in [5.41, 5.74) is 4.78. The molecular weight excluding hydrogens is 194 g/mol. The van der Waals surface area contributed by atoms with E-state index in [0.717, 1.165) is 0 Å². The lowest BCUT2D eigenvalue weighted by Gasteiger charge is -2.24. The van der Waals surface area contributed by atoms with Crippen LogP contribution >= 0.6 is 0 Å². The molecule has 2 heterocycles. The maximum absolute atomic E-state index is 10.5. The van der Waals surface area contributed by atoms with Gasteiger partial charge in [0.05, 0.1) is 6.61 Å². The van der Waals surface area contributed by atoms with E-state index in [1.165, 1.54) is 0 Å². The van der Waals surface area contributed by atoms with E-state index in [9.17, 15) is 15.0 Å². The van der Waals surface area contributed by atoms with Gasteiger partial charge >= 0.3 is 6.09 Å². The Hall–Kier alpha value is -0.890. The lowest BCUT2D eigenvalue weighted by molar-refractivity contribution is -0.208. The molecule has 0 aromatic heterocycles. The molecule has 7 heteroatoms. The van der Waals surface area contributed by atoms with Gasteiger partial charge in [0, 0.05) is 0 Å². The summed E-state index contributed by atoms with van der Waals surface area (Å²) in [5.74, 6) is -1.88. The Labute approximate surface area is 79.3 Å². The van der Waals surface area contributed by atoms with Gasteiger partial charge in [-0.1, -0.05) is 0 Å². The van der Waals surface area contributed by atoms with Crippen LogP contribution in [0.4, 0.5) is 4.79 Å². The van der Waals surface area contributed by atoms with Crippen molar-refractivity contribution in [2.45, 2.75) is 24.1 Å². The zero-order chi connectivity index (χ0) is 10.3. The van der Waals surface area contributed by atoms with Gasteiger partial charge in [-0.3, -0.25) is 0 Å². The van der Waals surface area contributed by atoms with Crippen LogP contribution < -0.4 is 5.73 Å². The van der Waals surface area contributed by atoms with Crippen LogP contribution in [0, 0.1) is 0 Å². The number of hydrogen-bond donors (Lipinski definition) is 3. The second-order valence-electron chi connectivity index (χ2n) is 3.36. The van der Waals surface area contributed by atoms with E-state index in [1.807, 2.05) is 0 Å². The van der Waals surface area contributed by atoms with Crippen molar-refractivity contribution in [2.24, 2.45) is 5.73 Å². The van der Waals surface area contributed by atoms with E-state index in [2.05, 4.69) is 4.74 Å². The molecule has 2 rings (SSSR count). The molecule has 4 atom stereocenters. The minimum atomic E-state index is -1.88. The number of carbonyl (C=O) groups is 1. The molecule has 0 spiro atoms. The molecule has 0 aromatic rings. The van der Waals surface area contributed by atoms with E-state index in [0.29, 0.717) is 0 Å². The van der Waals surface area contributed by atoms with Crippen molar-refractivity contribution in [3.8, 4) is 0 Å². The van der Waals surface area contributed by atoms with Gasteiger partial charge in [-0.25, -0.2) is 4.79 Å². The molecule has 0 radical (unpaired) electrons. The molecule has 2 aliphatic rings. The third-order valence-electron chi connectivity index (χ3n) is 2.33. The molecule has 0 bridgehead atoms. The molecule has 80 valence electrons. The molecule has 0 saturated carbocycles. The maximum Gasteiger partial charge on any atom is 0.407 e. The fourth-order valence-corrected chi connectivity index (χ4v) is 1.74. The predicted molar refractivity (Wildman–Crippen MR) is 41.1 cm³/mol. The molecule has 2 saturated heterocycles. The highest BCUT2D eigenvalue weighted by Crippen LogP contribution is 2.34. The smallest absolute Gasteiger partial charge is 0.407 e. The Balaban J connectivity index is 2.11. The predicted octanol–water partition coefficient (Wildman–Crippen LogP) is -2.07. The van der Waals surface area contributed by atoms with Gasteiger partial charge in [-0.2, -0.15) is 0 Å². The molecule has 0 unspecified atom stereocenters. The van der Waals surface area contributed by atoms with Gasteiger partial charge in [0.1, 0.15) is 18.8 Å². The molecule has 14 heavy (non-hydrogen) atoms. The Kier molecular flexibility index (Phi) is 2.11. The van der Waals surface area contributed by atoms with E-state index < -0.39 is 30.2 Å². The van der Waals surface area contributed by atoms with Crippen LogP contribution in [-0.4, -0.2) is 53.6 Å². The number of ether oxygens (including phenoxy) is 3. The Morgan fingerprint density at radius 3 is 2.93 bits per heavy atom. The van der Waals surface area contributed by atoms with Gasteiger partial charge in [0.2, 0.25) is 0 Å². The summed E-state index contributed by atoms with van der Waals surface area (Å²) in [6, 6.07) is 0. The van der Waals surface area contributed by atoms with Crippen molar-refractivity contribution in [3.05, 3.63) is 0 Å². The summed E-state index contributed by atoms with van der Waals surface area (Å²) in [5, 5.41) is 19.1. The average molecular weight is 205 g/mol. The second-order valence-corrected chi connectivity index (χ2v) is 3.36. The lowest BCUT2D eigenvalue weighted by atomic mass is 10.1. The first-order valence-electron chi connectivity index (χ1n) is 4.15. The Bertz CT molecular complexity index is 259. The van der Waals surface area contributed by atoms with Crippen LogP contribution in [-0.2, 0) is 14.2 Å². The normalized spacial score (nSPS) is 46.3. The number of fused-ring (bicyclic) bond motifs is 1. The van der Waals surface area contributed by atoms with Gasteiger partial charge in [-0.15, -0.1) is 0 Å². The number of carbonyl (C=O) groups excluding carboxylic acids is 1. The van der Waals surface area contributed by atoms with Crippen molar-refractivity contribution in [3.63, 3.8) is 0 Å². The third-order valence-corrected chi connectivity index (χ3v) is 2.33. The fraction of sp³-hybridized carbons (Fsp3) is 0.857. The molecular formula is C7H11NO6. The summed E-state index contributed by atoms with van der Waals surface area (Å²) in [6.45, 7) is -0.206. The van der Waals surface area contributed by atoms with Crippen molar-refractivity contribution in [1.29, 1.82) is 0 Å². The molecule has 1 amide bonds. The topological polar surface area (TPSA) is 111 Å². The number of aliphatic hydroxyl groups excluding tert-OH is 1. The minimum Gasteiger partial charge on any atom is -0.412 e. The first-order chi connectivity index (χ1) is 6.53. The number of primary amides is 1. The fourth-order valence-electron chi connectivity index (χ4n) is 1.74. The van der Waals surface area contributed by atoms with Crippen LogP contribution in [0.25, 0.3) is 0 Å². The number of amides is 1. The number of aliphatic hydroxyl groups is 2. The highest BCUT2D eigenvalue weighted by Gasteiger charge is 2.58. The SMILES string of the molecule is NC(=O)O[C@@]1(O)CO[C@@H]2[C@H](O)CO[C@@H]21. The first kappa shape index (κ1) is 9.66. The van der Waals surface area contributed by atoms with Gasteiger partial charge in [0.15, 0.2) is 6.10 Å². The average Bonchev–Trinajstić information content (AvgIpc) is 2.55. The van der Waals surface area contributed by atoms with Crippen LogP contribution in [0.3, 0.4) is 0 Å². The number of hydrogen-bond acceptors (Lipinski definition) is 6. The third kappa shape index (κ3) is 1.34. The zero-order valence-electron chi connectivity index (χ0n) is 7.25. The van der Waals surface area contributed by atoms with Gasteiger partial charge < -0.3 is 30.2 Å². The highest BCUT2D eigenvalue weighted by molar-refractivity contribution is 5.65. The Morgan fingerprint density at radius 2 is 2.29 bits per heavy atom. The summed E-state index contributed by atoms with van der Waals surface area (Å²) >= 11 is 0. The van der Waals surface area contributed by atoms with E-state index in [-0.39, 0.29) is 13.2 Å². The maximum atomic E-state index is 10.5. The largest absolute Gasteiger partial charge is 0.412 e. The Morgan fingerprint density at radius 1 is 1.57 bits per heavy atom. The molecule has 4 N–H and O–H groups in total. The zero-order valence-corrected chi connectivity index (χ0v) is 7.25. The molecule has 2 fully saturated rings. The molecule has 0 aromatic carbocycles. The van der Waals surface area contributed by atoms with E-state index >= 15 is 0 Å². The van der Waals surface area contributed by atoms with Gasteiger partial charge in [0.25, 0.3) is 5.79 Å². The van der Waals surface area contributed by atoms with Crippen molar-refractivity contribution < 1.29 is 29.2 Å². The van der Waals surface area contributed by atoms with Crippen LogP contribution in [0.5, 0.6) is 0 Å². The summed E-state index contributed by atoms with van der Waals surface area (Å²) in [7, 11) is 0. The van der Waals surface area contributed by atoms with Gasteiger partial charge in [-0.05, 0) is 0 Å². The first-order valence-corrected chi connectivity index (χ1v) is 4.15. The standard InChI is InChI=1S/C7H11NO6/c8-6(10)14-7(11)2-13-4-3(9)1-12-5(4)7/h3-5,9,11H,1-2H2,(H2,8,10)/t3-,4-,5+,7+/m1/s1.